The van der Waals surface area contributed by atoms with Gasteiger partial charge in [-0.15, -0.1) is 0 Å². The Hall–Kier alpha value is -1.55. The Kier molecular flexibility index (Phi) is 3.10. The standard InChI is InChI=1S/C12H15NO3/c1-8-7-16-11-5-9(12(14)15-2)3-4-10(11)6-13-8/h3-5,8,13H,6-7H2,1-2H3/t8-/m1/s1. The summed E-state index contributed by atoms with van der Waals surface area (Å²) in [5.41, 5.74) is 1.59. The molecule has 1 aromatic carbocycles. The summed E-state index contributed by atoms with van der Waals surface area (Å²) in [4.78, 5) is 11.4. The van der Waals surface area contributed by atoms with Gasteiger partial charge >= 0.3 is 5.97 Å². The first-order valence-corrected chi connectivity index (χ1v) is 5.28. The first kappa shape index (κ1) is 11.0. The lowest BCUT2D eigenvalue weighted by Gasteiger charge is -2.08. The first-order valence-electron chi connectivity index (χ1n) is 5.28. The zero-order valence-electron chi connectivity index (χ0n) is 9.45. The van der Waals surface area contributed by atoms with Crippen molar-refractivity contribution in [3.8, 4) is 5.75 Å². The Balaban J connectivity index is 2.28. The highest BCUT2D eigenvalue weighted by Crippen LogP contribution is 2.23. The van der Waals surface area contributed by atoms with Gasteiger partial charge in [0.05, 0.1) is 12.7 Å². The van der Waals surface area contributed by atoms with Gasteiger partial charge in [0.25, 0.3) is 0 Å². The predicted octanol–water partition coefficient (Wildman–Crippen LogP) is 1.34. The summed E-state index contributed by atoms with van der Waals surface area (Å²) in [6.45, 7) is 3.43. The van der Waals surface area contributed by atoms with E-state index in [-0.39, 0.29) is 5.97 Å². The molecule has 1 heterocycles. The van der Waals surface area contributed by atoms with Crippen LogP contribution in [0.2, 0.25) is 0 Å². The second-order valence-corrected chi connectivity index (χ2v) is 3.91. The molecule has 0 amide bonds. The molecule has 0 fully saturated rings. The van der Waals surface area contributed by atoms with Gasteiger partial charge in [-0.1, -0.05) is 6.07 Å². The van der Waals surface area contributed by atoms with E-state index in [1.54, 1.807) is 12.1 Å². The molecule has 4 heteroatoms. The number of carbonyl (C=O) groups excluding carboxylic acids is 1. The average molecular weight is 221 g/mol. The van der Waals surface area contributed by atoms with Crippen LogP contribution in [-0.4, -0.2) is 25.7 Å². The van der Waals surface area contributed by atoms with Crippen molar-refractivity contribution in [1.82, 2.24) is 5.32 Å². The number of carbonyl (C=O) groups is 1. The molecule has 1 aliphatic rings. The maximum absolute atomic E-state index is 11.4. The monoisotopic (exact) mass is 221 g/mol. The van der Waals surface area contributed by atoms with Gasteiger partial charge in [0.2, 0.25) is 0 Å². The molecule has 0 unspecified atom stereocenters. The summed E-state index contributed by atoms with van der Waals surface area (Å²) in [7, 11) is 1.37. The third kappa shape index (κ3) is 2.17. The minimum absolute atomic E-state index is 0.314. The maximum Gasteiger partial charge on any atom is 0.337 e. The van der Waals surface area contributed by atoms with Crippen LogP contribution in [0, 0.1) is 0 Å². The number of hydrogen-bond donors (Lipinski definition) is 1. The molecule has 86 valence electrons. The Bertz CT molecular complexity index is 403. The third-order valence-corrected chi connectivity index (χ3v) is 2.62. The minimum atomic E-state index is -0.336. The second-order valence-electron chi connectivity index (χ2n) is 3.91. The van der Waals surface area contributed by atoms with E-state index in [1.807, 2.05) is 6.07 Å². The predicted molar refractivity (Wildman–Crippen MR) is 59.6 cm³/mol. The quantitative estimate of drug-likeness (QED) is 0.727. The summed E-state index contributed by atoms with van der Waals surface area (Å²) in [6, 6.07) is 5.70. The number of rotatable bonds is 1. The highest BCUT2D eigenvalue weighted by atomic mass is 16.5. The van der Waals surface area contributed by atoms with E-state index >= 15 is 0 Å². The molecule has 0 spiro atoms. The van der Waals surface area contributed by atoms with Crippen LogP contribution in [0.15, 0.2) is 18.2 Å². The van der Waals surface area contributed by atoms with Crippen LogP contribution in [0.4, 0.5) is 0 Å². The Morgan fingerprint density at radius 3 is 3.12 bits per heavy atom. The highest BCUT2D eigenvalue weighted by molar-refractivity contribution is 5.89. The number of hydrogen-bond acceptors (Lipinski definition) is 4. The Labute approximate surface area is 94.6 Å². The van der Waals surface area contributed by atoms with Crippen LogP contribution in [-0.2, 0) is 11.3 Å². The molecule has 1 atom stereocenters. The number of methoxy groups -OCH3 is 1. The molecular formula is C12H15NO3. The van der Waals surface area contributed by atoms with Gasteiger partial charge in [0, 0.05) is 18.2 Å². The number of fused-ring (bicyclic) bond motifs is 1. The van der Waals surface area contributed by atoms with Gasteiger partial charge in [-0.05, 0) is 19.1 Å². The number of benzene rings is 1. The van der Waals surface area contributed by atoms with Crippen molar-refractivity contribution in [3.05, 3.63) is 29.3 Å². The smallest absolute Gasteiger partial charge is 0.337 e. The summed E-state index contributed by atoms with van der Waals surface area (Å²) in [5.74, 6) is 0.427. The number of nitrogens with one attached hydrogen (secondary N) is 1. The van der Waals surface area contributed by atoms with Gasteiger partial charge in [0.15, 0.2) is 0 Å². The summed E-state index contributed by atoms with van der Waals surface area (Å²) in [6.07, 6.45) is 0. The summed E-state index contributed by atoms with van der Waals surface area (Å²) >= 11 is 0. The lowest BCUT2D eigenvalue weighted by atomic mass is 10.1. The van der Waals surface area contributed by atoms with E-state index in [1.165, 1.54) is 7.11 Å². The molecule has 16 heavy (non-hydrogen) atoms. The molecule has 4 nitrogen and oxygen atoms in total. The number of esters is 1. The zero-order valence-corrected chi connectivity index (χ0v) is 9.45. The van der Waals surface area contributed by atoms with Crippen molar-refractivity contribution in [3.63, 3.8) is 0 Å². The maximum atomic E-state index is 11.4. The van der Waals surface area contributed by atoms with E-state index in [2.05, 4.69) is 17.0 Å². The largest absolute Gasteiger partial charge is 0.492 e. The van der Waals surface area contributed by atoms with E-state index in [0.717, 1.165) is 17.9 Å². The highest BCUT2D eigenvalue weighted by Gasteiger charge is 2.15. The van der Waals surface area contributed by atoms with Crippen molar-refractivity contribution in [1.29, 1.82) is 0 Å². The van der Waals surface area contributed by atoms with Gasteiger partial charge in [-0.2, -0.15) is 0 Å². The second kappa shape index (κ2) is 4.53. The minimum Gasteiger partial charge on any atom is -0.492 e. The van der Waals surface area contributed by atoms with E-state index < -0.39 is 0 Å². The van der Waals surface area contributed by atoms with Crippen LogP contribution in [0.3, 0.4) is 0 Å². The van der Waals surface area contributed by atoms with Crippen molar-refractivity contribution in [2.75, 3.05) is 13.7 Å². The molecule has 1 aliphatic heterocycles. The molecule has 0 bridgehead atoms. The Morgan fingerprint density at radius 2 is 2.38 bits per heavy atom. The third-order valence-electron chi connectivity index (χ3n) is 2.62. The molecule has 0 saturated heterocycles. The molecule has 0 radical (unpaired) electrons. The Morgan fingerprint density at radius 1 is 1.56 bits per heavy atom. The fourth-order valence-electron chi connectivity index (χ4n) is 1.64. The average Bonchev–Trinajstić information content (AvgIpc) is 2.50. The van der Waals surface area contributed by atoms with Crippen LogP contribution in [0.25, 0.3) is 0 Å². The fourth-order valence-corrected chi connectivity index (χ4v) is 1.64. The van der Waals surface area contributed by atoms with Gasteiger partial charge in [-0.3, -0.25) is 0 Å². The molecule has 0 saturated carbocycles. The zero-order chi connectivity index (χ0) is 11.5. The van der Waals surface area contributed by atoms with Gasteiger partial charge in [-0.25, -0.2) is 4.79 Å². The molecule has 1 N–H and O–H groups in total. The first-order chi connectivity index (χ1) is 7.70. The molecule has 1 aromatic rings. The SMILES string of the molecule is COC(=O)c1ccc2c(c1)OC[C@@H](C)NC2. The van der Waals surface area contributed by atoms with Gasteiger partial charge < -0.3 is 14.8 Å². The topological polar surface area (TPSA) is 47.6 Å². The van der Waals surface area contributed by atoms with Crippen molar-refractivity contribution >= 4 is 5.97 Å². The number of ether oxygens (including phenoxy) is 2. The van der Waals surface area contributed by atoms with Crippen LogP contribution in [0.5, 0.6) is 5.75 Å². The fraction of sp³-hybridized carbons (Fsp3) is 0.417. The molecule has 0 aromatic heterocycles. The molecular weight excluding hydrogens is 206 g/mol. The van der Waals surface area contributed by atoms with Crippen LogP contribution in [0.1, 0.15) is 22.8 Å². The summed E-state index contributed by atoms with van der Waals surface area (Å²) in [5, 5.41) is 3.32. The normalized spacial score (nSPS) is 19.2. The van der Waals surface area contributed by atoms with Crippen LogP contribution < -0.4 is 10.1 Å². The van der Waals surface area contributed by atoms with Crippen LogP contribution >= 0.6 is 0 Å². The lowest BCUT2D eigenvalue weighted by Crippen LogP contribution is -2.28. The summed E-state index contributed by atoms with van der Waals surface area (Å²) < 4.78 is 10.3. The lowest BCUT2D eigenvalue weighted by molar-refractivity contribution is 0.0600. The molecule has 2 rings (SSSR count). The van der Waals surface area contributed by atoms with Crippen molar-refractivity contribution < 1.29 is 14.3 Å². The van der Waals surface area contributed by atoms with E-state index in [0.29, 0.717) is 18.2 Å². The van der Waals surface area contributed by atoms with Crippen molar-refractivity contribution in [2.24, 2.45) is 0 Å². The van der Waals surface area contributed by atoms with Gasteiger partial charge in [0.1, 0.15) is 12.4 Å². The van der Waals surface area contributed by atoms with E-state index in [4.69, 9.17) is 4.74 Å². The van der Waals surface area contributed by atoms with Crippen molar-refractivity contribution in [2.45, 2.75) is 19.5 Å². The molecule has 0 aliphatic carbocycles. The van der Waals surface area contributed by atoms with E-state index in [9.17, 15) is 4.79 Å².